The van der Waals surface area contributed by atoms with Gasteiger partial charge in [-0.05, 0) is 62.1 Å². The standard InChI is InChI=1S/C22H27N5O2S/c1-14-8-11-26-27(14)12-9-18(28)25-13-15-4-6-16(7-5-15)19-17-3-2-10-24-22(17)30-20(19)21(23)29/h2-3,8,10-11,15-16H,4-7,9,12-13H2,1H3,(H2,23,29)(H,25,28). The molecule has 0 spiro atoms. The molecule has 0 unspecified atom stereocenters. The Balaban J connectivity index is 1.31. The molecule has 0 radical (unpaired) electrons. The van der Waals surface area contributed by atoms with Crippen molar-refractivity contribution in [2.24, 2.45) is 11.7 Å². The fourth-order valence-corrected chi connectivity index (χ4v) is 5.46. The van der Waals surface area contributed by atoms with E-state index in [0.717, 1.165) is 47.2 Å². The SMILES string of the molecule is Cc1ccnn1CCC(=O)NCC1CCC(c2c(C(N)=O)sc3ncccc23)CC1. The molecule has 158 valence electrons. The summed E-state index contributed by atoms with van der Waals surface area (Å²) in [6.45, 7) is 3.30. The van der Waals surface area contributed by atoms with Gasteiger partial charge in [0.1, 0.15) is 4.83 Å². The molecule has 0 bridgehead atoms. The van der Waals surface area contributed by atoms with Gasteiger partial charge in [-0.1, -0.05) is 6.07 Å². The summed E-state index contributed by atoms with van der Waals surface area (Å²) in [6, 6.07) is 5.89. The minimum absolute atomic E-state index is 0.0675. The first-order valence-electron chi connectivity index (χ1n) is 10.4. The maximum absolute atomic E-state index is 12.2. The third-order valence-corrected chi connectivity index (χ3v) is 7.19. The number of primary amides is 1. The molecule has 1 aliphatic rings. The summed E-state index contributed by atoms with van der Waals surface area (Å²) in [5.41, 5.74) is 7.80. The number of pyridine rings is 1. The Hall–Kier alpha value is -2.74. The molecule has 30 heavy (non-hydrogen) atoms. The minimum Gasteiger partial charge on any atom is -0.365 e. The van der Waals surface area contributed by atoms with Crippen molar-refractivity contribution >= 4 is 33.4 Å². The number of aromatic nitrogens is 3. The number of thiophene rings is 1. The monoisotopic (exact) mass is 425 g/mol. The highest BCUT2D eigenvalue weighted by molar-refractivity contribution is 7.20. The normalized spacial score (nSPS) is 19.1. The number of carbonyl (C=O) groups is 2. The first-order chi connectivity index (χ1) is 14.5. The second-order valence-electron chi connectivity index (χ2n) is 8.03. The van der Waals surface area contributed by atoms with Gasteiger partial charge < -0.3 is 11.1 Å². The van der Waals surface area contributed by atoms with Crippen LogP contribution >= 0.6 is 11.3 Å². The van der Waals surface area contributed by atoms with Gasteiger partial charge >= 0.3 is 0 Å². The molecule has 0 atom stereocenters. The zero-order chi connectivity index (χ0) is 21.1. The van der Waals surface area contributed by atoms with Crippen molar-refractivity contribution in [2.45, 2.75) is 51.5 Å². The maximum atomic E-state index is 12.2. The van der Waals surface area contributed by atoms with Crippen LogP contribution in [0.15, 0.2) is 30.6 Å². The first kappa shape index (κ1) is 20.5. The number of amides is 2. The van der Waals surface area contributed by atoms with Crippen molar-refractivity contribution < 1.29 is 9.59 Å². The van der Waals surface area contributed by atoms with Crippen LogP contribution in [0.4, 0.5) is 0 Å². The lowest BCUT2D eigenvalue weighted by Crippen LogP contribution is -2.31. The molecule has 1 saturated carbocycles. The highest BCUT2D eigenvalue weighted by atomic mass is 32.1. The van der Waals surface area contributed by atoms with E-state index in [2.05, 4.69) is 15.4 Å². The number of carbonyl (C=O) groups excluding carboxylic acids is 2. The van der Waals surface area contributed by atoms with Gasteiger partial charge in [0, 0.05) is 43.0 Å². The summed E-state index contributed by atoms with van der Waals surface area (Å²) >= 11 is 1.40. The van der Waals surface area contributed by atoms with Crippen LogP contribution in [-0.2, 0) is 11.3 Å². The Morgan fingerprint density at radius 2 is 2.03 bits per heavy atom. The van der Waals surface area contributed by atoms with Crippen molar-refractivity contribution in [2.75, 3.05) is 6.54 Å². The average molecular weight is 426 g/mol. The van der Waals surface area contributed by atoms with E-state index >= 15 is 0 Å². The second-order valence-corrected chi connectivity index (χ2v) is 9.03. The zero-order valence-electron chi connectivity index (χ0n) is 17.1. The van der Waals surface area contributed by atoms with Gasteiger partial charge in [0.05, 0.1) is 4.88 Å². The molecule has 3 N–H and O–H groups in total. The van der Waals surface area contributed by atoms with E-state index in [1.165, 1.54) is 11.3 Å². The predicted molar refractivity (Wildman–Crippen MR) is 117 cm³/mol. The molecule has 3 aromatic heterocycles. The van der Waals surface area contributed by atoms with Crippen molar-refractivity contribution in [1.29, 1.82) is 0 Å². The molecule has 7 nitrogen and oxygen atoms in total. The number of nitrogens with one attached hydrogen (secondary N) is 1. The molecular formula is C22H27N5O2S. The van der Waals surface area contributed by atoms with Crippen LogP contribution < -0.4 is 11.1 Å². The van der Waals surface area contributed by atoms with Crippen molar-refractivity contribution in [3.05, 3.63) is 46.7 Å². The summed E-state index contributed by atoms with van der Waals surface area (Å²) in [7, 11) is 0. The summed E-state index contributed by atoms with van der Waals surface area (Å²) in [5.74, 6) is 0.490. The number of hydrogen-bond acceptors (Lipinski definition) is 5. The molecule has 4 rings (SSSR count). The fourth-order valence-electron chi connectivity index (χ4n) is 4.38. The fraction of sp³-hybridized carbons (Fsp3) is 0.455. The highest BCUT2D eigenvalue weighted by Crippen LogP contribution is 2.42. The van der Waals surface area contributed by atoms with E-state index in [9.17, 15) is 9.59 Å². The van der Waals surface area contributed by atoms with Gasteiger partial charge in [-0.15, -0.1) is 11.3 Å². The maximum Gasteiger partial charge on any atom is 0.259 e. The quantitative estimate of drug-likeness (QED) is 0.606. The number of nitrogens with zero attached hydrogens (tertiary/aromatic N) is 3. The average Bonchev–Trinajstić information content (AvgIpc) is 3.34. The Kier molecular flexibility index (Phi) is 6.13. The van der Waals surface area contributed by atoms with E-state index in [1.807, 2.05) is 29.8 Å². The third kappa shape index (κ3) is 4.38. The largest absolute Gasteiger partial charge is 0.365 e. The van der Waals surface area contributed by atoms with Crippen LogP contribution in [0.25, 0.3) is 10.2 Å². The number of nitrogens with two attached hydrogens (primary N) is 1. The van der Waals surface area contributed by atoms with Gasteiger partial charge in [-0.2, -0.15) is 5.10 Å². The molecule has 2 amide bonds. The van der Waals surface area contributed by atoms with Crippen LogP contribution in [0.1, 0.15) is 59.0 Å². The van der Waals surface area contributed by atoms with E-state index in [-0.39, 0.29) is 11.8 Å². The molecule has 0 saturated heterocycles. The van der Waals surface area contributed by atoms with Crippen molar-refractivity contribution in [3.63, 3.8) is 0 Å². The van der Waals surface area contributed by atoms with E-state index < -0.39 is 0 Å². The lowest BCUT2D eigenvalue weighted by molar-refractivity contribution is -0.121. The van der Waals surface area contributed by atoms with Crippen LogP contribution in [0.5, 0.6) is 0 Å². The molecular weight excluding hydrogens is 398 g/mol. The number of hydrogen-bond donors (Lipinski definition) is 2. The van der Waals surface area contributed by atoms with E-state index in [4.69, 9.17) is 5.73 Å². The van der Waals surface area contributed by atoms with Crippen LogP contribution in [0.3, 0.4) is 0 Å². The van der Waals surface area contributed by atoms with Crippen molar-refractivity contribution in [1.82, 2.24) is 20.1 Å². The molecule has 0 aliphatic heterocycles. The topological polar surface area (TPSA) is 103 Å². The Morgan fingerprint density at radius 3 is 2.73 bits per heavy atom. The van der Waals surface area contributed by atoms with Gasteiger partial charge in [0.15, 0.2) is 0 Å². The summed E-state index contributed by atoms with van der Waals surface area (Å²) in [5, 5.41) is 8.35. The predicted octanol–water partition coefficient (Wildman–Crippen LogP) is 3.38. The van der Waals surface area contributed by atoms with Crippen LogP contribution in [0.2, 0.25) is 0 Å². The Bertz CT molecular complexity index is 1050. The molecule has 3 aromatic rings. The number of fused-ring (bicyclic) bond motifs is 1. The van der Waals surface area contributed by atoms with Crippen molar-refractivity contribution in [3.8, 4) is 0 Å². The number of aryl methyl sites for hydroxylation is 2. The number of rotatable bonds is 7. The smallest absolute Gasteiger partial charge is 0.259 e. The lowest BCUT2D eigenvalue weighted by Gasteiger charge is -2.29. The summed E-state index contributed by atoms with van der Waals surface area (Å²) in [4.78, 5) is 30.1. The van der Waals surface area contributed by atoms with Gasteiger partial charge in [-0.3, -0.25) is 14.3 Å². The first-order valence-corrected chi connectivity index (χ1v) is 11.3. The van der Waals surface area contributed by atoms with E-state index in [1.54, 1.807) is 12.4 Å². The highest BCUT2D eigenvalue weighted by Gasteiger charge is 2.28. The molecule has 0 aromatic carbocycles. The Labute approximate surface area is 179 Å². The lowest BCUT2D eigenvalue weighted by atomic mass is 9.78. The molecule has 8 heteroatoms. The van der Waals surface area contributed by atoms with Gasteiger partial charge in [0.25, 0.3) is 5.91 Å². The minimum atomic E-state index is -0.366. The van der Waals surface area contributed by atoms with Gasteiger partial charge in [-0.25, -0.2) is 4.98 Å². The molecule has 1 aliphatic carbocycles. The summed E-state index contributed by atoms with van der Waals surface area (Å²) in [6.07, 6.45) is 7.98. The molecule has 3 heterocycles. The van der Waals surface area contributed by atoms with Gasteiger partial charge in [0.2, 0.25) is 5.91 Å². The Morgan fingerprint density at radius 1 is 1.23 bits per heavy atom. The third-order valence-electron chi connectivity index (χ3n) is 6.05. The molecule has 1 fully saturated rings. The van der Waals surface area contributed by atoms with Crippen LogP contribution in [0, 0.1) is 12.8 Å². The van der Waals surface area contributed by atoms with Crippen LogP contribution in [-0.4, -0.2) is 33.1 Å². The second kappa shape index (κ2) is 8.95. The summed E-state index contributed by atoms with van der Waals surface area (Å²) < 4.78 is 1.85. The zero-order valence-corrected chi connectivity index (χ0v) is 18.0. The van der Waals surface area contributed by atoms with E-state index in [0.29, 0.717) is 36.2 Å².